The fourth-order valence-electron chi connectivity index (χ4n) is 3.08. The number of carbonyl (C=O) groups is 1. The fourth-order valence-corrected chi connectivity index (χ4v) is 4.14. The number of methoxy groups -OCH3 is 1. The zero-order valence-electron chi connectivity index (χ0n) is 16.9. The van der Waals surface area contributed by atoms with Gasteiger partial charge in [0.05, 0.1) is 12.0 Å². The average molecular weight is 458 g/mol. The highest BCUT2D eigenvalue weighted by atomic mass is 32.2. The van der Waals surface area contributed by atoms with Gasteiger partial charge in [0.25, 0.3) is 15.9 Å². The van der Waals surface area contributed by atoms with E-state index in [0.717, 1.165) is 6.07 Å². The van der Waals surface area contributed by atoms with E-state index < -0.39 is 21.7 Å². The van der Waals surface area contributed by atoms with Crippen LogP contribution >= 0.6 is 0 Å². The maximum absolute atomic E-state index is 13.9. The van der Waals surface area contributed by atoms with Crippen molar-refractivity contribution in [1.29, 1.82) is 0 Å². The molecule has 0 aliphatic carbocycles. The van der Waals surface area contributed by atoms with Crippen molar-refractivity contribution < 1.29 is 31.8 Å². The van der Waals surface area contributed by atoms with E-state index >= 15 is 0 Å². The van der Waals surface area contributed by atoms with E-state index in [9.17, 15) is 17.6 Å². The van der Waals surface area contributed by atoms with Gasteiger partial charge in [-0.1, -0.05) is 6.07 Å². The van der Waals surface area contributed by atoms with Crippen molar-refractivity contribution in [3.63, 3.8) is 0 Å². The smallest absolute Gasteiger partial charge is 0.262 e. The minimum absolute atomic E-state index is 0.00897. The molecule has 0 atom stereocenters. The Morgan fingerprint density at radius 1 is 0.969 bits per heavy atom. The number of benzene rings is 3. The van der Waals surface area contributed by atoms with Crippen molar-refractivity contribution in [2.24, 2.45) is 0 Å². The molecular weight excluding hydrogens is 439 g/mol. The van der Waals surface area contributed by atoms with Crippen molar-refractivity contribution in [2.75, 3.05) is 30.4 Å². The molecule has 166 valence electrons. The average Bonchev–Trinajstić information content (AvgIpc) is 2.79. The van der Waals surface area contributed by atoms with E-state index in [4.69, 9.17) is 14.2 Å². The predicted octanol–water partition coefficient (Wildman–Crippen LogP) is 3.66. The number of hydrogen-bond donors (Lipinski definition) is 2. The van der Waals surface area contributed by atoms with Crippen LogP contribution in [0.4, 0.5) is 15.8 Å². The Bertz CT molecular complexity index is 1280. The minimum Gasteiger partial charge on any atom is -0.494 e. The monoisotopic (exact) mass is 458 g/mol. The summed E-state index contributed by atoms with van der Waals surface area (Å²) in [7, 11) is -2.60. The Kier molecular flexibility index (Phi) is 5.87. The summed E-state index contributed by atoms with van der Waals surface area (Å²) in [4.78, 5) is 12.5. The molecule has 0 saturated heterocycles. The Morgan fingerprint density at radius 3 is 2.50 bits per heavy atom. The number of ether oxygens (including phenoxy) is 3. The second-order valence-corrected chi connectivity index (χ2v) is 8.48. The summed E-state index contributed by atoms with van der Waals surface area (Å²) in [6.45, 7) is 0.731. The molecule has 1 heterocycles. The number of rotatable bonds is 6. The second-order valence-electron chi connectivity index (χ2n) is 6.80. The molecule has 0 spiro atoms. The second kappa shape index (κ2) is 8.75. The van der Waals surface area contributed by atoms with Crippen LogP contribution in [0.3, 0.4) is 0 Å². The van der Waals surface area contributed by atoms with Crippen LogP contribution in [0.1, 0.15) is 10.4 Å². The van der Waals surface area contributed by atoms with Crippen LogP contribution in [-0.2, 0) is 10.0 Å². The van der Waals surface area contributed by atoms with E-state index in [1.54, 1.807) is 0 Å². The molecule has 0 aromatic heterocycles. The highest BCUT2D eigenvalue weighted by Crippen LogP contribution is 2.32. The van der Waals surface area contributed by atoms with Crippen LogP contribution in [0, 0.1) is 5.82 Å². The van der Waals surface area contributed by atoms with Crippen molar-refractivity contribution >= 4 is 27.3 Å². The Balaban J connectivity index is 1.51. The van der Waals surface area contributed by atoms with Crippen molar-refractivity contribution in [1.82, 2.24) is 0 Å². The van der Waals surface area contributed by atoms with Crippen LogP contribution in [0.5, 0.6) is 17.2 Å². The summed E-state index contributed by atoms with van der Waals surface area (Å²) in [5, 5.41) is 2.56. The third-order valence-corrected chi connectivity index (χ3v) is 5.99. The largest absolute Gasteiger partial charge is 0.494 e. The summed E-state index contributed by atoms with van der Waals surface area (Å²) in [6.07, 6.45) is 0. The molecule has 1 aliphatic heterocycles. The Hall–Kier alpha value is -3.79. The maximum Gasteiger partial charge on any atom is 0.262 e. The first-order valence-electron chi connectivity index (χ1n) is 9.53. The molecule has 0 fully saturated rings. The highest BCUT2D eigenvalue weighted by Gasteiger charge is 2.20. The SMILES string of the molecule is COc1ccc(NC(=O)c2cccc(NS(=O)(=O)c3ccc4c(c3)OCCO4)c2)cc1F. The van der Waals surface area contributed by atoms with Crippen LogP contribution < -0.4 is 24.2 Å². The molecule has 1 aliphatic rings. The predicted molar refractivity (Wildman–Crippen MR) is 116 cm³/mol. The van der Waals surface area contributed by atoms with Gasteiger partial charge in [0.15, 0.2) is 23.1 Å². The van der Waals surface area contributed by atoms with Gasteiger partial charge >= 0.3 is 0 Å². The molecule has 0 radical (unpaired) electrons. The van der Waals surface area contributed by atoms with Crippen molar-refractivity contribution in [3.05, 3.63) is 72.0 Å². The van der Waals surface area contributed by atoms with Gasteiger partial charge < -0.3 is 19.5 Å². The van der Waals surface area contributed by atoms with Gasteiger partial charge in [-0.05, 0) is 42.5 Å². The molecule has 0 saturated carbocycles. The van der Waals surface area contributed by atoms with Gasteiger partial charge in [0.2, 0.25) is 0 Å². The Morgan fingerprint density at radius 2 is 1.75 bits per heavy atom. The first kappa shape index (κ1) is 21.4. The molecule has 1 amide bonds. The number of sulfonamides is 1. The molecule has 3 aromatic carbocycles. The lowest BCUT2D eigenvalue weighted by atomic mass is 10.2. The number of carbonyl (C=O) groups excluding carboxylic acids is 1. The fraction of sp³-hybridized carbons (Fsp3) is 0.136. The van der Waals surface area contributed by atoms with Gasteiger partial charge in [0.1, 0.15) is 13.2 Å². The standard InChI is InChI=1S/C22H19FN2O6S/c1-29-19-7-5-15(12-18(19)23)24-22(26)14-3-2-4-16(11-14)25-32(27,28)17-6-8-20-21(13-17)31-10-9-30-20/h2-8,11-13,25H,9-10H2,1H3,(H,24,26). The number of fused-ring (bicyclic) bond motifs is 1. The van der Waals surface area contributed by atoms with E-state index in [0.29, 0.717) is 24.7 Å². The maximum atomic E-state index is 13.9. The molecule has 32 heavy (non-hydrogen) atoms. The normalized spacial score (nSPS) is 12.7. The molecule has 0 unspecified atom stereocenters. The van der Waals surface area contributed by atoms with Crippen molar-refractivity contribution in [3.8, 4) is 17.2 Å². The van der Waals surface area contributed by atoms with E-state index in [1.807, 2.05) is 0 Å². The highest BCUT2D eigenvalue weighted by molar-refractivity contribution is 7.92. The number of anilines is 2. The molecule has 4 rings (SSSR count). The third-order valence-electron chi connectivity index (χ3n) is 4.61. The quantitative estimate of drug-likeness (QED) is 0.585. The molecule has 0 bridgehead atoms. The van der Waals surface area contributed by atoms with Crippen LogP contribution in [-0.4, -0.2) is 34.6 Å². The summed E-state index contributed by atoms with van der Waals surface area (Å²) in [6, 6.07) is 14.3. The van der Waals surface area contributed by atoms with Crippen LogP contribution in [0.2, 0.25) is 0 Å². The van der Waals surface area contributed by atoms with E-state index in [-0.39, 0.29) is 27.6 Å². The van der Waals surface area contributed by atoms with Crippen LogP contribution in [0.25, 0.3) is 0 Å². The molecule has 3 aromatic rings. The number of amides is 1. The minimum atomic E-state index is -3.94. The first-order valence-corrected chi connectivity index (χ1v) is 11.0. The van der Waals surface area contributed by atoms with Gasteiger partial charge in [-0.3, -0.25) is 9.52 Å². The summed E-state index contributed by atoms with van der Waals surface area (Å²) in [5.74, 6) is -0.275. The van der Waals surface area contributed by atoms with E-state index in [2.05, 4.69) is 10.0 Å². The molecule has 2 N–H and O–H groups in total. The number of halogens is 1. The molecule has 8 nitrogen and oxygen atoms in total. The zero-order chi connectivity index (χ0) is 22.7. The van der Waals surface area contributed by atoms with E-state index in [1.165, 1.54) is 61.7 Å². The van der Waals surface area contributed by atoms with Gasteiger partial charge in [-0.15, -0.1) is 0 Å². The number of hydrogen-bond acceptors (Lipinski definition) is 6. The van der Waals surface area contributed by atoms with Crippen molar-refractivity contribution in [2.45, 2.75) is 4.90 Å². The number of nitrogens with one attached hydrogen (secondary N) is 2. The van der Waals surface area contributed by atoms with Gasteiger partial charge in [-0.2, -0.15) is 0 Å². The summed E-state index contributed by atoms with van der Waals surface area (Å²) in [5.41, 5.74) is 0.604. The lowest BCUT2D eigenvalue weighted by Crippen LogP contribution is -2.17. The lowest BCUT2D eigenvalue weighted by Gasteiger charge is -2.19. The third kappa shape index (κ3) is 4.59. The molecule has 10 heteroatoms. The lowest BCUT2D eigenvalue weighted by molar-refractivity contribution is 0.102. The summed E-state index contributed by atoms with van der Waals surface area (Å²) >= 11 is 0. The van der Waals surface area contributed by atoms with Gasteiger partial charge in [0, 0.05) is 29.1 Å². The first-order chi connectivity index (χ1) is 15.4. The Labute approximate surface area is 184 Å². The zero-order valence-corrected chi connectivity index (χ0v) is 17.7. The van der Waals surface area contributed by atoms with Gasteiger partial charge in [-0.25, -0.2) is 12.8 Å². The summed E-state index contributed by atoms with van der Waals surface area (Å²) < 4.78 is 57.6. The topological polar surface area (TPSA) is 103 Å². The molecular formula is C22H19FN2O6S. The van der Waals surface area contributed by atoms with Crippen LogP contribution in [0.15, 0.2) is 65.6 Å².